The van der Waals surface area contributed by atoms with Gasteiger partial charge in [-0.05, 0) is 26.3 Å². The van der Waals surface area contributed by atoms with Gasteiger partial charge in [-0.25, -0.2) is 0 Å². The molecule has 3 nitrogen and oxygen atoms in total. The van der Waals surface area contributed by atoms with E-state index in [1.807, 2.05) is 0 Å². The summed E-state index contributed by atoms with van der Waals surface area (Å²) in [6, 6.07) is 7.66. The summed E-state index contributed by atoms with van der Waals surface area (Å²) in [6.45, 7) is 4.08. The first-order chi connectivity index (χ1) is 10.7. The highest BCUT2D eigenvalue weighted by atomic mass is 16.2. The van der Waals surface area contributed by atoms with E-state index in [9.17, 15) is 9.59 Å². The minimum atomic E-state index is -0.594. The molecular formula is C19H21NO2. The average Bonchev–Trinajstić information content (AvgIpc) is 2.78. The molecule has 1 aromatic rings. The summed E-state index contributed by atoms with van der Waals surface area (Å²) in [5.74, 6) is 5.48. The molecule has 1 saturated heterocycles. The monoisotopic (exact) mass is 295 g/mol. The van der Waals surface area contributed by atoms with Crippen molar-refractivity contribution < 1.29 is 9.59 Å². The van der Waals surface area contributed by atoms with Gasteiger partial charge in [0, 0.05) is 23.6 Å². The Morgan fingerprint density at radius 1 is 1.09 bits per heavy atom. The fourth-order valence-electron chi connectivity index (χ4n) is 3.32. The van der Waals surface area contributed by atoms with Crippen molar-refractivity contribution >= 4 is 11.6 Å². The van der Waals surface area contributed by atoms with Crippen LogP contribution in [0.15, 0.2) is 24.3 Å². The number of fused-ring (bicyclic) bond motifs is 1. The lowest BCUT2D eigenvalue weighted by Crippen LogP contribution is -2.37. The SMILES string of the molecule is CC1CCCCN1CC#CCC1C(=O)c2ccccc2C1=O. The van der Waals surface area contributed by atoms with Crippen LogP contribution in [0.1, 0.15) is 53.3 Å². The summed E-state index contributed by atoms with van der Waals surface area (Å²) in [5, 5.41) is 0. The maximum absolute atomic E-state index is 12.3. The third kappa shape index (κ3) is 2.84. The minimum Gasteiger partial charge on any atom is -0.293 e. The molecule has 3 rings (SSSR count). The number of Topliss-reactive ketones (excluding diaryl/α,β-unsaturated/α-hetero) is 2. The Balaban J connectivity index is 1.60. The van der Waals surface area contributed by atoms with Crippen molar-refractivity contribution in [3.63, 3.8) is 0 Å². The quantitative estimate of drug-likeness (QED) is 0.622. The van der Waals surface area contributed by atoms with E-state index in [1.54, 1.807) is 24.3 Å². The van der Waals surface area contributed by atoms with Gasteiger partial charge in [0.25, 0.3) is 0 Å². The molecule has 0 N–H and O–H groups in total. The molecule has 2 aliphatic rings. The predicted octanol–water partition coefficient (Wildman–Crippen LogP) is 2.95. The topological polar surface area (TPSA) is 37.4 Å². The van der Waals surface area contributed by atoms with Crippen molar-refractivity contribution in [2.45, 2.75) is 38.6 Å². The van der Waals surface area contributed by atoms with Crippen LogP contribution in [0.25, 0.3) is 0 Å². The van der Waals surface area contributed by atoms with Crippen LogP contribution in [-0.2, 0) is 0 Å². The van der Waals surface area contributed by atoms with Crippen LogP contribution in [0.4, 0.5) is 0 Å². The molecule has 0 spiro atoms. The Hall–Kier alpha value is -1.92. The van der Waals surface area contributed by atoms with Crippen LogP contribution in [0.2, 0.25) is 0 Å². The fourth-order valence-corrected chi connectivity index (χ4v) is 3.32. The smallest absolute Gasteiger partial charge is 0.175 e. The van der Waals surface area contributed by atoms with Gasteiger partial charge in [0.2, 0.25) is 0 Å². The van der Waals surface area contributed by atoms with E-state index in [0.29, 0.717) is 23.6 Å². The van der Waals surface area contributed by atoms with Gasteiger partial charge in [0.15, 0.2) is 11.6 Å². The van der Waals surface area contributed by atoms with E-state index in [4.69, 9.17) is 0 Å². The average molecular weight is 295 g/mol. The zero-order valence-corrected chi connectivity index (χ0v) is 13.0. The Morgan fingerprint density at radius 3 is 2.41 bits per heavy atom. The second-order valence-electron chi connectivity index (χ2n) is 6.20. The summed E-state index contributed by atoms with van der Waals surface area (Å²) in [5.41, 5.74) is 1.12. The Bertz CT molecular complexity index is 618. The maximum Gasteiger partial charge on any atom is 0.175 e. The number of piperidine rings is 1. The second kappa shape index (κ2) is 6.46. The lowest BCUT2D eigenvalue weighted by atomic mass is 10.0. The third-order valence-electron chi connectivity index (χ3n) is 4.74. The van der Waals surface area contributed by atoms with Crippen LogP contribution in [-0.4, -0.2) is 35.6 Å². The summed E-state index contributed by atoms with van der Waals surface area (Å²) in [4.78, 5) is 26.9. The highest BCUT2D eigenvalue weighted by molar-refractivity contribution is 6.26. The van der Waals surface area contributed by atoms with Crippen molar-refractivity contribution in [3.8, 4) is 11.8 Å². The molecule has 0 saturated carbocycles. The van der Waals surface area contributed by atoms with Crippen LogP contribution in [0.5, 0.6) is 0 Å². The zero-order chi connectivity index (χ0) is 15.5. The van der Waals surface area contributed by atoms with Gasteiger partial charge in [-0.15, -0.1) is 5.92 Å². The number of nitrogens with zero attached hydrogens (tertiary/aromatic N) is 1. The summed E-state index contributed by atoms with van der Waals surface area (Å²) in [7, 11) is 0. The summed E-state index contributed by atoms with van der Waals surface area (Å²) in [6.07, 6.45) is 4.11. The molecule has 114 valence electrons. The van der Waals surface area contributed by atoms with Gasteiger partial charge in [0.1, 0.15) is 0 Å². The Morgan fingerprint density at radius 2 is 1.77 bits per heavy atom. The van der Waals surface area contributed by atoms with Crippen molar-refractivity contribution in [1.82, 2.24) is 4.90 Å². The minimum absolute atomic E-state index is 0.0683. The zero-order valence-electron chi connectivity index (χ0n) is 13.0. The van der Waals surface area contributed by atoms with Crippen molar-refractivity contribution in [1.29, 1.82) is 0 Å². The van der Waals surface area contributed by atoms with Gasteiger partial charge in [-0.2, -0.15) is 0 Å². The number of carbonyl (C=O) groups excluding carboxylic acids is 2. The molecule has 1 aliphatic heterocycles. The standard InChI is InChI=1S/C19H21NO2/c1-14-8-4-6-12-20(14)13-7-5-11-17-18(21)15-9-2-3-10-16(15)19(17)22/h2-3,9-10,14,17H,4,6,8,11-13H2,1H3. The normalized spacial score (nSPS) is 22.3. The molecule has 1 atom stereocenters. The van der Waals surface area contributed by atoms with E-state index in [-0.39, 0.29) is 11.6 Å². The molecule has 0 aromatic heterocycles. The lowest BCUT2D eigenvalue weighted by molar-refractivity contribution is 0.0842. The van der Waals surface area contributed by atoms with Gasteiger partial charge >= 0.3 is 0 Å². The van der Waals surface area contributed by atoms with Crippen molar-refractivity contribution in [2.24, 2.45) is 5.92 Å². The van der Waals surface area contributed by atoms with Gasteiger partial charge in [-0.1, -0.05) is 36.6 Å². The van der Waals surface area contributed by atoms with E-state index < -0.39 is 5.92 Å². The van der Waals surface area contributed by atoms with Crippen molar-refractivity contribution in [3.05, 3.63) is 35.4 Å². The number of ketones is 2. The largest absolute Gasteiger partial charge is 0.293 e. The molecule has 1 heterocycles. The van der Waals surface area contributed by atoms with E-state index in [2.05, 4.69) is 23.7 Å². The number of carbonyl (C=O) groups is 2. The first kappa shape index (κ1) is 15.0. The van der Waals surface area contributed by atoms with Gasteiger partial charge in [0.05, 0.1) is 12.5 Å². The van der Waals surface area contributed by atoms with Crippen molar-refractivity contribution in [2.75, 3.05) is 13.1 Å². The molecular weight excluding hydrogens is 274 g/mol. The molecule has 3 heteroatoms. The first-order valence-electron chi connectivity index (χ1n) is 8.05. The van der Waals surface area contributed by atoms with E-state index in [1.165, 1.54) is 19.3 Å². The summed E-state index contributed by atoms with van der Waals surface area (Å²) >= 11 is 0. The van der Waals surface area contributed by atoms with E-state index >= 15 is 0 Å². The Kier molecular flexibility index (Phi) is 4.40. The molecule has 0 radical (unpaired) electrons. The predicted molar refractivity (Wildman–Crippen MR) is 85.9 cm³/mol. The van der Waals surface area contributed by atoms with E-state index in [0.717, 1.165) is 13.1 Å². The second-order valence-corrected chi connectivity index (χ2v) is 6.20. The number of rotatable bonds is 2. The molecule has 1 aromatic carbocycles. The van der Waals surface area contributed by atoms with Gasteiger partial charge < -0.3 is 0 Å². The Labute approximate surface area is 131 Å². The fraction of sp³-hybridized carbons (Fsp3) is 0.474. The number of hydrogen-bond donors (Lipinski definition) is 0. The molecule has 1 unspecified atom stereocenters. The number of hydrogen-bond acceptors (Lipinski definition) is 3. The van der Waals surface area contributed by atoms with Crippen LogP contribution >= 0.6 is 0 Å². The summed E-state index contributed by atoms with van der Waals surface area (Å²) < 4.78 is 0. The lowest BCUT2D eigenvalue weighted by Gasteiger charge is -2.31. The molecule has 22 heavy (non-hydrogen) atoms. The van der Waals surface area contributed by atoms with Crippen LogP contribution in [0, 0.1) is 17.8 Å². The maximum atomic E-state index is 12.3. The van der Waals surface area contributed by atoms with Crippen LogP contribution < -0.4 is 0 Å². The van der Waals surface area contributed by atoms with Crippen LogP contribution in [0.3, 0.4) is 0 Å². The molecule has 0 amide bonds. The van der Waals surface area contributed by atoms with Gasteiger partial charge in [-0.3, -0.25) is 14.5 Å². The molecule has 1 fully saturated rings. The molecule has 0 bridgehead atoms. The first-order valence-corrected chi connectivity index (χ1v) is 8.05. The number of likely N-dealkylation sites (tertiary alicyclic amines) is 1. The highest BCUT2D eigenvalue weighted by Gasteiger charge is 2.37. The third-order valence-corrected chi connectivity index (χ3v) is 4.74. The highest BCUT2D eigenvalue weighted by Crippen LogP contribution is 2.28. The number of benzene rings is 1. The molecule has 1 aliphatic carbocycles.